The summed E-state index contributed by atoms with van der Waals surface area (Å²) in [5.74, 6) is -0.0411. The third kappa shape index (κ3) is 5.44. The normalized spacial score (nSPS) is 14.9. The summed E-state index contributed by atoms with van der Waals surface area (Å²) in [6.45, 7) is 5.38. The van der Waals surface area contributed by atoms with Gasteiger partial charge in [-0.05, 0) is 62.3 Å². The zero-order valence-electron chi connectivity index (χ0n) is 12.5. The van der Waals surface area contributed by atoms with Gasteiger partial charge in [-0.2, -0.15) is 0 Å². The Bertz CT molecular complexity index is 481. The number of likely N-dealkylation sites (tertiary alicyclic amines) is 1. The number of amides is 1. The summed E-state index contributed by atoms with van der Waals surface area (Å²) in [6, 6.07) is 8.22. The number of anilines is 1. The number of carbonyl (C=O) groups excluding carboxylic acids is 1. The van der Waals surface area contributed by atoms with Gasteiger partial charge in [-0.1, -0.05) is 19.1 Å². The summed E-state index contributed by atoms with van der Waals surface area (Å²) >= 11 is 5.12. The van der Waals surface area contributed by atoms with Crippen molar-refractivity contribution in [1.29, 1.82) is 0 Å². The number of nitrogens with zero attached hydrogens (tertiary/aromatic N) is 1. The quantitative estimate of drug-likeness (QED) is 0.821. The first-order chi connectivity index (χ1) is 10.2. The lowest BCUT2D eigenvalue weighted by Gasteiger charge is -2.15. The van der Waals surface area contributed by atoms with Crippen molar-refractivity contribution in [2.75, 3.05) is 18.4 Å². The highest BCUT2D eigenvalue weighted by Gasteiger charge is 2.11. The molecule has 2 rings (SSSR count). The SMILES string of the molecule is CCCC(=O)NC(=S)Nc1ccc(CN2CCCC2)cc1. The maximum Gasteiger partial charge on any atom is 0.226 e. The number of hydrogen-bond acceptors (Lipinski definition) is 3. The molecule has 1 fully saturated rings. The Morgan fingerprint density at radius 3 is 2.52 bits per heavy atom. The van der Waals surface area contributed by atoms with Gasteiger partial charge in [-0.25, -0.2) is 0 Å². The molecule has 5 heteroatoms. The molecule has 1 aromatic carbocycles. The molecule has 0 aliphatic carbocycles. The molecule has 0 aromatic heterocycles. The van der Waals surface area contributed by atoms with Crippen LogP contribution in [-0.4, -0.2) is 29.0 Å². The minimum absolute atomic E-state index is 0.0411. The van der Waals surface area contributed by atoms with Gasteiger partial charge in [0.25, 0.3) is 0 Å². The summed E-state index contributed by atoms with van der Waals surface area (Å²) in [6.07, 6.45) is 3.94. The summed E-state index contributed by atoms with van der Waals surface area (Å²) in [4.78, 5) is 13.9. The molecule has 0 spiro atoms. The molecule has 1 aromatic rings. The standard InChI is InChI=1S/C16H23N3OS/c1-2-5-15(20)18-16(21)17-14-8-6-13(7-9-14)12-19-10-3-4-11-19/h6-9H,2-5,10-12H2,1H3,(H2,17,18,20,21). The van der Waals surface area contributed by atoms with Gasteiger partial charge in [0.1, 0.15) is 0 Å². The topological polar surface area (TPSA) is 44.4 Å². The van der Waals surface area contributed by atoms with E-state index in [1.165, 1.54) is 31.5 Å². The van der Waals surface area contributed by atoms with Gasteiger partial charge in [0.15, 0.2) is 5.11 Å². The molecule has 4 nitrogen and oxygen atoms in total. The van der Waals surface area contributed by atoms with E-state index in [2.05, 4.69) is 27.7 Å². The minimum Gasteiger partial charge on any atom is -0.332 e. The first-order valence-electron chi connectivity index (χ1n) is 7.59. The number of nitrogens with one attached hydrogen (secondary N) is 2. The van der Waals surface area contributed by atoms with Crippen LogP contribution in [0.5, 0.6) is 0 Å². The van der Waals surface area contributed by atoms with Gasteiger partial charge in [-0.3, -0.25) is 9.69 Å². The molecule has 21 heavy (non-hydrogen) atoms. The molecular formula is C16H23N3OS. The monoisotopic (exact) mass is 305 g/mol. The maximum absolute atomic E-state index is 11.4. The van der Waals surface area contributed by atoms with E-state index in [1.54, 1.807) is 0 Å². The predicted molar refractivity (Wildman–Crippen MR) is 90.2 cm³/mol. The van der Waals surface area contributed by atoms with Crippen molar-refractivity contribution >= 4 is 28.9 Å². The summed E-state index contributed by atoms with van der Waals surface area (Å²) in [7, 11) is 0. The van der Waals surface area contributed by atoms with Gasteiger partial charge < -0.3 is 10.6 Å². The fraction of sp³-hybridized carbons (Fsp3) is 0.500. The number of thiocarbonyl (C=S) groups is 1. The van der Waals surface area contributed by atoms with Crippen LogP contribution in [0.1, 0.15) is 38.2 Å². The van der Waals surface area contributed by atoms with Crippen LogP contribution in [0.15, 0.2) is 24.3 Å². The lowest BCUT2D eigenvalue weighted by Crippen LogP contribution is -2.33. The van der Waals surface area contributed by atoms with E-state index >= 15 is 0 Å². The van der Waals surface area contributed by atoms with E-state index in [-0.39, 0.29) is 5.91 Å². The molecule has 0 bridgehead atoms. The average Bonchev–Trinajstić information content (AvgIpc) is 2.94. The molecule has 1 amide bonds. The number of rotatable bonds is 5. The van der Waals surface area contributed by atoms with Crippen LogP contribution in [-0.2, 0) is 11.3 Å². The zero-order chi connectivity index (χ0) is 15.1. The fourth-order valence-electron chi connectivity index (χ4n) is 2.47. The predicted octanol–water partition coefficient (Wildman–Crippen LogP) is 2.90. The van der Waals surface area contributed by atoms with Crippen LogP contribution in [0.4, 0.5) is 5.69 Å². The third-order valence-corrected chi connectivity index (χ3v) is 3.75. The van der Waals surface area contributed by atoms with E-state index in [0.717, 1.165) is 18.7 Å². The molecule has 1 heterocycles. The first-order valence-corrected chi connectivity index (χ1v) is 8.00. The van der Waals surface area contributed by atoms with Crippen molar-refractivity contribution < 1.29 is 4.79 Å². The molecule has 0 radical (unpaired) electrons. The Morgan fingerprint density at radius 2 is 1.90 bits per heavy atom. The number of carbonyl (C=O) groups is 1. The van der Waals surface area contributed by atoms with Crippen molar-refractivity contribution in [2.24, 2.45) is 0 Å². The zero-order valence-corrected chi connectivity index (χ0v) is 13.3. The molecule has 2 N–H and O–H groups in total. The maximum atomic E-state index is 11.4. The lowest BCUT2D eigenvalue weighted by molar-refractivity contribution is -0.119. The highest BCUT2D eigenvalue weighted by Crippen LogP contribution is 2.15. The van der Waals surface area contributed by atoms with Crippen molar-refractivity contribution in [3.63, 3.8) is 0 Å². The molecule has 0 saturated carbocycles. The second-order valence-corrected chi connectivity index (χ2v) is 5.84. The molecule has 1 aliphatic rings. The lowest BCUT2D eigenvalue weighted by atomic mass is 10.2. The van der Waals surface area contributed by atoms with E-state index in [1.807, 2.05) is 19.1 Å². The summed E-state index contributed by atoms with van der Waals surface area (Å²) in [5, 5.41) is 6.08. The van der Waals surface area contributed by atoms with Crippen LogP contribution >= 0.6 is 12.2 Å². The number of hydrogen-bond donors (Lipinski definition) is 2. The molecule has 114 valence electrons. The van der Waals surface area contributed by atoms with Crippen LogP contribution in [0, 0.1) is 0 Å². The highest BCUT2D eigenvalue weighted by molar-refractivity contribution is 7.80. The van der Waals surface area contributed by atoms with Crippen LogP contribution < -0.4 is 10.6 Å². The van der Waals surface area contributed by atoms with E-state index < -0.39 is 0 Å². The molecule has 0 unspecified atom stereocenters. The largest absolute Gasteiger partial charge is 0.332 e. The van der Waals surface area contributed by atoms with Gasteiger partial charge in [0.05, 0.1) is 0 Å². The van der Waals surface area contributed by atoms with E-state index in [0.29, 0.717) is 11.5 Å². The van der Waals surface area contributed by atoms with E-state index in [4.69, 9.17) is 12.2 Å². The van der Waals surface area contributed by atoms with Crippen molar-refractivity contribution in [2.45, 2.75) is 39.2 Å². The van der Waals surface area contributed by atoms with E-state index in [9.17, 15) is 4.79 Å². The molecule has 1 saturated heterocycles. The summed E-state index contributed by atoms with van der Waals surface area (Å²) in [5.41, 5.74) is 2.21. The van der Waals surface area contributed by atoms with Gasteiger partial charge in [0, 0.05) is 18.7 Å². The first kappa shape index (κ1) is 15.9. The van der Waals surface area contributed by atoms with Gasteiger partial charge >= 0.3 is 0 Å². The van der Waals surface area contributed by atoms with Crippen LogP contribution in [0.25, 0.3) is 0 Å². The molecule has 1 aliphatic heterocycles. The van der Waals surface area contributed by atoms with Crippen LogP contribution in [0.3, 0.4) is 0 Å². The number of benzene rings is 1. The Hall–Kier alpha value is -1.46. The van der Waals surface area contributed by atoms with Crippen molar-refractivity contribution in [1.82, 2.24) is 10.2 Å². The average molecular weight is 305 g/mol. The van der Waals surface area contributed by atoms with Crippen molar-refractivity contribution in [3.8, 4) is 0 Å². The second kappa shape index (κ2) is 8.10. The van der Waals surface area contributed by atoms with Gasteiger partial charge in [-0.15, -0.1) is 0 Å². The third-order valence-electron chi connectivity index (χ3n) is 3.55. The molecule has 0 atom stereocenters. The Kier molecular flexibility index (Phi) is 6.14. The Labute approximate surface area is 131 Å². The Morgan fingerprint density at radius 1 is 1.24 bits per heavy atom. The van der Waals surface area contributed by atoms with Crippen molar-refractivity contribution in [3.05, 3.63) is 29.8 Å². The summed E-state index contributed by atoms with van der Waals surface area (Å²) < 4.78 is 0. The molecular weight excluding hydrogens is 282 g/mol. The Balaban J connectivity index is 1.81. The minimum atomic E-state index is -0.0411. The fourth-order valence-corrected chi connectivity index (χ4v) is 2.70. The smallest absolute Gasteiger partial charge is 0.226 e. The van der Waals surface area contributed by atoms with Crippen LogP contribution in [0.2, 0.25) is 0 Å². The highest BCUT2D eigenvalue weighted by atomic mass is 32.1. The second-order valence-electron chi connectivity index (χ2n) is 5.43. The van der Waals surface area contributed by atoms with Gasteiger partial charge in [0.2, 0.25) is 5.91 Å².